The molecule has 2 aliphatic heterocycles. The van der Waals surface area contributed by atoms with E-state index in [-0.39, 0.29) is 0 Å². The molecule has 0 amide bonds. The molecule has 2 heterocycles. The average molecular weight is 510 g/mol. The number of carbonyl (C=O) groups is 2. The van der Waals surface area contributed by atoms with Crippen LogP contribution in [0, 0.1) is 0 Å². The third-order valence-electron chi connectivity index (χ3n) is 5.43. The molecule has 0 spiro atoms. The number of Topliss-reactive ketones (excluding diaryl/α,β-unsaturated/α-hetero) is 2. The van der Waals surface area contributed by atoms with Crippen molar-refractivity contribution in [2.24, 2.45) is 0 Å². The number of piperazine rings is 2. The van der Waals surface area contributed by atoms with Crippen molar-refractivity contribution >= 4 is 43.4 Å². The summed E-state index contributed by atoms with van der Waals surface area (Å²) in [5.41, 5.74) is 0. The van der Waals surface area contributed by atoms with E-state index in [0.717, 1.165) is 76.1 Å². The first-order valence-corrected chi connectivity index (χ1v) is 12.4. The number of rotatable bonds is 12. The highest BCUT2D eigenvalue weighted by Crippen LogP contribution is 2.07. The van der Waals surface area contributed by atoms with Crippen LogP contribution in [-0.2, 0) is 9.59 Å². The van der Waals surface area contributed by atoms with Gasteiger partial charge in [0.25, 0.3) is 0 Å². The Morgan fingerprint density at radius 2 is 0.926 bits per heavy atom. The number of nitrogens with zero attached hydrogens (tertiary/aromatic N) is 4. The summed E-state index contributed by atoms with van der Waals surface area (Å²) < 4.78 is 0. The molecular weight excluding hydrogens is 476 g/mol. The lowest BCUT2D eigenvalue weighted by Crippen LogP contribution is -2.50. The standard InChI is InChI=1S/C19H34Br2N4O2/c20-4-2-18(26)16-24-12-8-22(9-13-24)6-1-7-23-10-14-25(15-11-23)17-19(27)3-5-21/h1-17H2. The second-order valence-corrected chi connectivity index (χ2v) is 9.13. The van der Waals surface area contributed by atoms with Crippen LogP contribution in [0.5, 0.6) is 0 Å². The molecule has 0 aromatic carbocycles. The van der Waals surface area contributed by atoms with Crippen LogP contribution >= 0.6 is 31.9 Å². The molecule has 27 heavy (non-hydrogen) atoms. The normalized spacial score (nSPS) is 20.8. The van der Waals surface area contributed by atoms with Crippen molar-refractivity contribution in [1.82, 2.24) is 19.6 Å². The predicted octanol–water partition coefficient (Wildman–Crippen LogP) is 1.32. The molecule has 8 heteroatoms. The largest absolute Gasteiger partial charge is 0.301 e. The van der Waals surface area contributed by atoms with Crippen LogP contribution in [0.3, 0.4) is 0 Å². The quantitative estimate of drug-likeness (QED) is 0.370. The van der Waals surface area contributed by atoms with Gasteiger partial charge in [0.15, 0.2) is 0 Å². The molecule has 0 radical (unpaired) electrons. The van der Waals surface area contributed by atoms with Crippen LogP contribution in [0.25, 0.3) is 0 Å². The highest BCUT2D eigenvalue weighted by Gasteiger charge is 2.20. The first-order valence-electron chi connectivity index (χ1n) is 10.2. The van der Waals surface area contributed by atoms with Crippen LogP contribution in [0.15, 0.2) is 0 Å². The maximum atomic E-state index is 11.7. The van der Waals surface area contributed by atoms with Gasteiger partial charge in [-0.2, -0.15) is 0 Å². The van der Waals surface area contributed by atoms with Gasteiger partial charge in [0.1, 0.15) is 11.6 Å². The lowest BCUT2D eigenvalue weighted by Gasteiger charge is -2.36. The van der Waals surface area contributed by atoms with Crippen LogP contribution in [-0.4, -0.2) is 120 Å². The van der Waals surface area contributed by atoms with Crippen LogP contribution in [0.4, 0.5) is 0 Å². The van der Waals surface area contributed by atoms with Crippen molar-refractivity contribution in [3.63, 3.8) is 0 Å². The van der Waals surface area contributed by atoms with Crippen molar-refractivity contribution < 1.29 is 9.59 Å². The Morgan fingerprint density at radius 1 is 0.593 bits per heavy atom. The maximum Gasteiger partial charge on any atom is 0.147 e. The first-order chi connectivity index (χ1) is 13.1. The number of ketones is 2. The molecule has 2 aliphatic rings. The molecule has 0 aliphatic carbocycles. The minimum Gasteiger partial charge on any atom is -0.301 e. The Morgan fingerprint density at radius 3 is 1.26 bits per heavy atom. The summed E-state index contributed by atoms with van der Waals surface area (Å²) >= 11 is 6.67. The van der Waals surface area contributed by atoms with E-state index in [0.29, 0.717) is 37.5 Å². The van der Waals surface area contributed by atoms with E-state index in [1.54, 1.807) is 0 Å². The highest BCUT2D eigenvalue weighted by atomic mass is 79.9. The molecule has 2 rings (SSSR count). The third kappa shape index (κ3) is 9.45. The van der Waals surface area contributed by atoms with Gasteiger partial charge >= 0.3 is 0 Å². The van der Waals surface area contributed by atoms with Gasteiger partial charge in [0, 0.05) is 75.9 Å². The minimum absolute atomic E-state index is 0.341. The number of alkyl halides is 2. The van der Waals surface area contributed by atoms with Crippen molar-refractivity contribution in [3.05, 3.63) is 0 Å². The Balaban J connectivity index is 1.51. The van der Waals surface area contributed by atoms with Gasteiger partial charge in [-0.1, -0.05) is 31.9 Å². The fourth-order valence-corrected chi connectivity index (χ4v) is 4.61. The van der Waals surface area contributed by atoms with Crippen LogP contribution < -0.4 is 0 Å². The second-order valence-electron chi connectivity index (χ2n) is 7.54. The molecule has 0 aromatic heterocycles. The second kappa shape index (κ2) is 13.4. The lowest BCUT2D eigenvalue weighted by molar-refractivity contribution is -0.121. The fraction of sp³-hybridized carbons (Fsp3) is 0.895. The number of hydrogen-bond acceptors (Lipinski definition) is 6. The van der Waals surface area contributed by atoms with Gasteiger partial charge in [0.05, 0.1) is 13.1 Å². The highest BCUT2D eigenvalue weighted by molar-refractivity contribution is 9.09. The summed E-state index contributed by atoms with van der Waals surface area (Å²) in [5, 5.41) is 1.54. The minimum atomic E-state index is 0.341. The molecule has 6 nitrogen and oxygen atoms in total. The van der Waals surface area contributed by atoms with E-state index < -0.39 is 0 Å². The zero-order valence-corrected chi connectivity index (χ0v) is 19.6. The average Bonchev–Trinajstić information content (AvgIpc) is 2.65. The zero-order valence-electron chi connectivity index (χ0n) is 16.4. The van der Waals surface area contributed by atoms with E-state index in [9.17, 15) is 9.59 Å². The summed E-state index contributed by atoms with van der Waals surface area (Å²) in [6.45, 7) is 11.9. The van der Waals surface area contributed by atoms with Gasteiger partial charge in [-0.05, 0) is 19.5 Å². The molecule has 0 N–H and O–H groups in total. The molecule has 0 unspecified atom stereocenters. The summed E-state index contributed by atoms with van der Waals surface area (Å²) in [7, 11) is 0. The van der Waals surface area contributed by atoms with Gasteiger partial charge < -0.3 is 9.80 Å². The molecule has 2 saturated heterocycles. The van der Waals surface area contributed by atoms with Crippen molar-refractivity contribution in [2.45, 2.75) is 19.3 Å². The Kier molecular flexibility index (Phi) is 11.6. The Bertz CT molecular complexity index is 411. The van der Waals surface area contributed by atoms with Crippen molar-refractivity contribution in [1.29, 1.82) is 0 Å². The Labute approximate surface area is 180 Å². The predicted molar refractivity (Wildman–Crippen MR) is 117 cm³/mol. The maximum absolute atomic E-state index is 11.7. The van der Waals surface area contributed by atoms with Crippen LogP contribution in [0.1, 0.15) is 19.3 Å². The van der Waals surface area contributed by atoms with E-state index in [1.807, 2.05) is 0 Å². The zero-order chi connectivity index (χ0) is 19.5. The summed E-state index contributed by atoms with van der Waals surface area (Å²) in [5.74, 6) is 0.682. The van der Waals surface area contributed by atoms with Gasteiger partial charge in [-0.15, -0.1) is 0 Å². The molecule has 2 fully saturated rings. The lowest BCUT2D eigenvalue weighted by atomic mass is 10.2. The number of carbonyl (C=O) groups excluding carboxylic acids is 2. The summed E-state index contributed by atoms with van der Waals surface area (Å²) in [4.78, 5) is 33.1. The number of hydrogen-bond donors (Lipinski definition) is 0. The first kappa shape index (κ1) is 23.4. The molecule has 0 bridgehead atoms. The molecule has 0 atom stereocenters. The molecule has 156 valence electrons. The van der Waals surface area contributed by atoms with Gasteiger partial charge in [0.2, 0.25) is 0 Å². The molecule has 0 saturated carbocycles. The van der Waals surface area contributed by atoms with Crippen molar-refractivity contribution in [2.75, 3.05) is 89.2 Å². The summed E-state index contributed by atoms with van der Waals surface area (Å²) in [6, 6.07) is 0. The Hall–Kier alpha value is 0.140. The molecule has 0 aromatic rings. The third-order valence-corrected chi connectivity index (χ3v) is 6.22. The SMILES string of the molecule is O=C(CCBr)CN1CCN(CCCN2CCN(CC(=O)CCBr)CC2)CC1. The molecular formula is C19H34Br2N4O2. The van der Waals surface area contributed by atoms with Gasteiger partial charge in [-0.25, -0.2) is 0 Å². The van der Waals surface area contributed by atoms with E-state index >= 15 is 0 Å². The van der Waals surface area contributed by atoms with E-state index in [2.05, 4.69) is 51.5 Å². The smallest absolute Gasteiger partial charge is 0.147 e. The summed E-state index contributed by atoms with van der Waals surface area (Å²) in [6.07, 6.45) is 2.47. The van der Waals surface area contributed by atoms with E-state index in [4.69, 9.17) is 0 Å². The topological polar surface area (TPSA) is 47.1 Å². The van der Waals surface area contributed by atoms with Crippen molar-refractivity contribution in [3.8, 4) is 0 Å². The van der Waals surface area contributed by atoms with Gasteiger partial charge in [-0.3, -0.25) is 19.4 Å². The fourth-order valence-electron chi connectivity index (χ4n) is 3.73. The van der Waals surface area contributed by atoms with E-state index in [1.165, 1.54) is 6.42 Å². The van der Waals surface area contributed by atoms with Crippen LogP contribution in [0.2, 0.25) is 0 Å². The monoisotopic (exact) mass is 508 g/mol. The number of halogens is 2.